The van der Waals surface area contributed by atoms with Crippen LogP contribution in [0.1, 0.15) is 12.8 Å². The summed E-state index contributed by atoms with van der Waals surface area (Å²) in [4.78, 5) is 10.2. The van der Waals surface area contributed by atoms with Crippen molar-refractivity contribution in [1.82, 2.24) is 19.2 Å². The van der Waals surface area contributed by atoms with E-state index in [4.69, 9.17) is 5.84 Å². The van der Waals surface area contributed by atoms with E-state index in [1.54, 1.807) is 0 Å². The van der Waals surface area contributed by atoms with Crippen molar-refractivity contribution in [1.29, 1.82) is 0 Å². The lowest BCUT2D eigenvalue weighted by atomic mass is 10.3. The summed E-state index contributed by atoms with van der Waals surface area (Å²) in [6.45, 7) is 2.64. The molecule has 0 atom stereocenters. The molecule has 0 spiro atoms. The fraction of sp³-hybridized carbons (Fsp3) is 0.636. The minimum atomic E-state index is -3.50. The highest BCUT2D eigenvalue weighted by Crippen LogP contribution is 2.28. The maximum absolute atomic E-state index is 12.5. The molecule has 1 aromatic rings. The summed E-state index contributed by atoms with van der Waals surface area (Å²) in [5.74, 6) is 5.36. The van der Waals surface area contributed by atoms with Gasteiger partial charge >= 0.3 is 0 Å². The van der Waals surface area contributed by atoms with Crippen LogP contribution < -0.4 is 11.3 Å². The molecule has 20 heavy (non-hydrogen) atoms. The molecule has 3 N–H and O–H groups in total. The molecule has 3 rings (SSSR count). The zero-order chi connectivity index (χ0) is 14.2. The Hall–Kier alpha value is -1.29. The Bertz CT molecular complexity index is 563. The molecule has 1 aliphatic heterocycles. The molecule has 0 bridgehead atoms. The topological polar surface area (TPSA) is 104 Å². The van der Waals surface area contributed by atoms with Crippen molar-refractivity contribution in [3.8, 4) is 0 Å². The van der Waals surface area contributed by atoms with Gasteiger partial charge in [0, 0.05) is 32.2 Å². The Morgan fingerprint density at radius 3 is 2.25 bits per heavy atom. The van der Waals surface area contributed by atoms with Crippen molar-refractivity contribution in [2.75, 3.05) is 31.6 Å². The number of nitrogens with zero attached hydrogens (tertiary/aromatic N) is 4. The number of hydrazine groups is 1. The summed E-state index contributed by atoms with van der Waals surface area (Å²) in [5, 5.41) is 0. The molecule has 0 unspecified atom stereocenters. The van der Waals surface area contributed by atoms with Crippen LogP contribution in [0.15, 0.2) is 17.3 Å². The zero-order valence-corrected chi connectivity index (χ0v) is 11.9. The molecule has 0 aromatic carbocycles. The van der Waals surface area contributed by atoms with Crippen LogP contribution in [-0.4, -0.2) is 59.8 Å². The molecule has 110 valence electrons. The number of anilines is 1. The molecule has 2 heterocycles. The van der Waals surface area contributed by atoms with Gasteiger partial charge in [0.25, 0.3) is 0 Å². The second-order valence-corrected chi connectivity index (χ2v) is 7.00. The average Bonchev–Trinajstić information content (AvgIpc) is 3.32. The highest BCUT2D eigenvalue weighted by molar-refractivity contribution is 7.89. The Balaban J connectivity index is 1.71. The highest BCUT2D eigenvalue weighted by atomic mass is 32.2. The van der Waals surface area contributed by atoms with E-state index < -0.39 is 10.0 Å². The van der Waals surface area contributed by atoms with Gasteiger partial charge in [-0.1, -0.05) is 0 Å². The molecule has 1 aromatic heterocycles. The van der Waals surface area contributed by atoms with E-state index in [1.165, 1.54) is 29.5 Å². The van der Waals surface area contributed by atoms with Gasteiger partial charge in [0.2, 0.25) is 16.0 Å². The highest BCUT2D eigenvalue weighted by Gasteiger charge is 2.35. The van der Waals surface area contributed by atoms with Crippen molar-refractivity contribution >= 4 is 16.0 Å². The first-order chi connectivity index (χ1) is 9.61. The number of nitrogens with two attached hydrogens (primary N) is 1. The van der Waals surface area contributed by atoms with Crippen LogP contribution in [0.25, 0.3) is 0 Å². The van der Waals surface area contributed by atoms with Gasteiger partial charge in [-0.2, -0.15) is 4.31 Å². The largest absolute Gasteiger partial charge is 0.298 e. The molecule has 2 aliphatic rings. The van der Waals surface area contributed by atoms with E-state index in [1.807, 2.05) is 0 Å². The molecule has 1 saturated carbocycles. The van der Waals surface area contributed by atoms with Crippen LogP contribution in [0, 0.1) is 0 Å². The van der Waals surface area contributed by atoms with Crippen LogP contribution in [0.4, 0.5) is 5.95 Å². The molecule has 8 nitrogen and oxygen atoms in total. The summed E-state index contributed by atoms with van der Waals surface area (Å²) in [7, 11) is -3.50. The Morgan fingerprint density at radius 2 is 1.75 bits per heavy atom. The van der Waals surface area contributed by atoms with Crippen molar-refractivity contribution in [3.05, 3.63) is 12.4 Å². The molecular formula is C11H18N6O2S. The van der Waals surface area contributed by atoms with Crippen molar-refractivity contribution in [3.63, 3.8) is 0 Å². The number of aromatic nitrogens is 2. The van der Waals surface area contributed by atoms with Gasteiger partial charge in [0.1, 0.15) is 4.90 Å². The van der Waals surface area contributed by atoms with Gasteiger partial charge < -0.3 is 0 Å². The fourth-order valence-electron chi connectivity index (χ4n) is 2.42. The number of nitrogen functional groups attached to an aromatic ring is 1. The SMILES string of the molecule is NNc1ncc(S(=O)(=O)N2CCN(C3CC3)CC2)cn1. The normalized spacial score (nSPS) is 21.9. The van der Waals surface area contributed by atoms with E-state index >= 15 is 0 Å². The fourth-order valence-corrected chi connectivity index (χ4v) is 3.74. The number of hydrogen-bond acceptors (Lipinski definition) is 7. The van der Waals surface area contributed by atoms with Crippen molar-refractivity contribution < 1.29 is 8.42 Å². The number of rotatable bonds is 4. The molecule has 2 fully saturated rings. The van der Waals surface area contributed by atoms with Gasteiger partial charge in [-0.25, -0.2) is 24.2 Å². The van der Waals surface area contributed by atoms with E-state index in [0.29, 0.717) is 19.1 Å². The second kappa shape index (κ2) is 5.24. The lowest BCUT2D eigenvalue weighted by Gasteiger charge is -2.33. The monoisotopic (exact) mass is 298 g/mol. The molecule has 9 heteroatoms. The molecule has 1 saturated heterocycles. The quantitative estimate of drug-likeness (QED) is 0.555. The Labute approximate surface area is 118 Å². The molecule has 1 aliphatic carbocycles. The van der Waals surface area contributed by atoms with Gasteiger partial charge in [0.05, 0.1) is 12.4 Å². The van der Waals surface area contributed by atoms with Crippen LogP contribution in [0.3, 0.4) is 0 Å². The van der Waals surface area contributed by atoms with Crippen LogP contribution in [0.5, 0.6) is 0 Å². The van der Waals surface area contributed by atoms with Crippen LogP contribution in [0.2, 0.25) is 0 Å². The van der Waals surface area contributed by atoms with Gasteiger partial charge in [-0.05, 0) is 12.8 Å². The number of piperazine rings is 1. The zero-order valence-electron chi connectivity index (χ0n) is 11.1. The molecular weight excluding hydrogens is 280 g/mol. The summed E-state index contributed by atoms with van der Waals surface area (Å²) in [6.07, 6.45) is 5.05. The predicted molar refractivity (Wildman–Crippen MR) is 73.2 cm³/mol. The maximum Gasteiger partial charge on any atom is 0.246 e. The van der Waals surface area contributed by atoms with E-state index in [-0.39, 0.29) is 10.8 Å². The second-order valence-electron chi connectivity index (χ2n) is 5.06. The minimum Gasteiger partial charge on any atom is -0.298 e. The minimum absolute atomic E-state index is 0.108. The van der Waals surface area contributed by atoms with Crippen molar-refractivity contribution in [2.45, 2.75) is 23.8 Å². The maximum atomic E-state index is 12.5. The number of nitrogens with one attached hydrogen (secondary N) is 1. The lowest BCUT2D eigenvalue weighted by Crippen LogP contribution is -2.49. The first-order valence-corrected chi connectivity index (χ1v) is 8.08. The summed E-state index contributed by atoms with van der Waals surface area (Å²) < 4.78 is 26.4. The third-order valence-electron chi connectivity index (χ3n) is 3.73. The molecule has 0 radical (unpaired) electrons. The summed E-state index contributed by atoms with van der Waals surface area (Å²) in [5.41, 5.74) is 2.27. The first-order valence-electron chi connectivity index (χ1n) is 6.64. The summed E-state index contributed by atoms with van der Waals surface area (Å²) in [6, 6.07) is 0.679. The first kappa shape index (κ1) is 13.7. The average molecular weight is 298 g/mol. The van der Waals surface area contributed by atoms with Crippen molar-refractivity contribution in [2.24, 2.45) is 5.84 Å². The predicted octanol–water partition coefficient (Wildman–Crippen LogP) is -0.769. The Kier molecular flexibility index (Phi) is 3.59. The van der Waals surface area contributed by atoms with E-state index in [9.17, 15) is 8.42 Å². The number of sulfonamides is 1. The number of hydrogen-bond donors (Lipinski definition) is 2. The van der Waals surface area contributed by atoms with Crippen LogP contribution >= 0.6 is 0 Å². The van der Waals surface area contributed by atoms with E-state index in [2.05, 4.69) is 20.3 Å². The molecule has 0 amide bonds. The van der Waals surface area contributed by atoms with Gasteiger partial charge in [-0.3, -0.25) is 10.3 Å². The van der Waals surface area contributed by atoms with E-state index in [0.717, 1.165) is 13.1 Å². The third kappa shape index (κ3) is 2.62. The summed E-state index contributed by atoms with van der Waals surface area (Å²) >= 11 is 0. The smallest absolute Gasteiger partial charge is 0.246 e. The Morgan fingerprint density at radius 1 is 1.15 bits per heavy atom. The van der Waals surface area contributed by atoms with Gasteiger partial charge in [0.15, 0.2) is 0 Å². The standard InChI is InChI=1S/C11H18N6O2S/c12-15-11-13-7-10(8-14-11)20(18,19)17-5-3-16(4-6-17)9-1-2-9/h7-9H,1-6,12H2,(H,13,14,15). The third-order valence-corrected chi connectivity index (χ3v) is 5.58. The van der Waals surface area contributed by atoms with Gasteiger partial charge in [-0.15, -0.1) is 0 Å². The van der Waals surface area contributed by atoms with Crippen LogP contribution in [-0.2, 0) is 10.0 Å². The lowest BCUT2D eigenvalue weighted by molar-refractivity contribution is 0.180.